The minimum absolute atomic E-state index is 0.444. The van der Waals surface area contributed by atoms with Crippen molar-refractivity contribution in [2.24, 2.45) is 0 Å². The third-order valence-electron chi connectivity index (χ3n) is 5.02. The van der Waals surface area contributed by atoms with Gasteiger partial charge in [-0.05, 0) is 33.7 Å². The van der Waals surface area contributed by atoms with Gasteiger partial charge in [-0.2, -0.15) is 0 Å². The Hall–Kier alpha value is -2.55. The standard InChI is InChI=1S/C20H14O2.C3H7O2.Al/c21-17-11-9-13-5-1-3-7-15(13)19(17)20-16-8-4-2-6-14(16)10-12-18(20)22;1-5-3-2-4;/h1-12,21-22H;2-3H2,1H3;/q;-1;+3/p-2. The predicted molar refractivity (Wildman–Crippen MR) is 112 cm³/mol. The van der Waals surface area contributed by atoms with Gasteiger partial charge in [0.05, 0.1) is 18.1 Å². The van der Waals surface area contributed by atoms with E-state index in [4.69, 9.17) is 16.1 Å². The molecule has 0 saturated heterocycles. The fourth-order valence-electron chi connectivity index (χ4n) is 3.74. The largest absolute Gasteiger partial charge is 1.10 e. The lowest BCUT2D eigenvalue weighted by molar-refractivity contribution is 0.118. The fraction of sp³-hybridized carbons (Fsp3) is 0.130. The molecule has 0 bridgehead atoms. The normalized spacial score (nSPS) is 12.8. The maximum atomic E-state index is 6.28. The molecule has 4 aromatic carbocycles. The van der Waals surface area contributed by atoms with Crippen LogP contribution in [0.4, 0.5) is 0 Å². The number of hydrogen-bond donors (Lipinski definition) is 0. The molecule has 0 fully saturated rings. The lowest BCUT2D eigenvalue weighted by Crippen LogP contribution is -2.34. The van der Waals surface area contributed by atoms with Crippen LogP contribution in [0.15, 0.2) is 72.8 Å². The van der Waals surface area contributed by atoms with Crippen LogP contribution in [0.5, 0.6) is 11.5 Å². The average molecular weight is 386 g/mol. The lowest BCUT2D eigenvalue weighted by Gasteiger charge is -2.15. The Labute approximate surface area is 168 Å². The molecule has 0 spiro atoms. The lowest BCUT2D eigenvalue weighted by atomic mass is 9.92. The van der Waals surface area contributed by atoms with Crippen LogP contribution in [-0.4, -0.2) is 35.5 Å². The van der Waals surface area contributed by atoms with Crippen LogP contribution in [0, 0.1) is 0 Å². The van der Waals surface area contributed by atoms with Crippen molar-refractivity contribution in [3.63, 3.8) is 0 Å². The molecule has 1 aliphatic heterocycles. The van der Waals surface area contributed by atoms with Crippen LogP contribution in [-0.2, 0) is 8.53 Å². The smallest absolute Gasteiger partial charge is 0.588 e. The summed E-state index contributed by atoms with van der Waals surface area (Å²) in [5.74, 6) is 1.62. The molecule has 0 radical (unpaired) electrons. The molecule has 0 N–H and O–H groups in total. The highest BCUT2D eigenvalue weighted by atomic mass is 27.3. The molecule has 1 heterocycles. The molecule has 1 aliphatic rings. The summed E-state index contributed by atoms with van der Waals surface area (Å²) in [5, 5.41) is 4.63. The van der Waals surface area contributed by atoms with Crippen LogP contribution < -0.4 is 7.58 Å². The van der Waals surface area contributed by atoms with Crippen molar-refractivity contribution in [2.45, 2.75) is 0 Å². The van der Waals surface area contributed by atoms with E-state index in [2.05, 4.69) is 60.7 Å². The van der Waals surface area contributed by atoms with E-state index in [-0.39, 0.29) is 0 Å². The van der Waals surface area contributed by atoms with E-state index in [1.54, 1.807) is 7.11 Å². The zero-order chi connectivity index (χ0) is 18.9. The SMILES string of the molecule is COCC[O][Al]1[O]c2ccc3ccccc3c2-c2c(ccc3ccccc23)[O]1. The van der Waals surface area contributed by atoms with Crippen LogP contribution in [0.25, 0.3) is 32.7 Å². The van der Waals surface area contributed by atoms with E-state index >= 15 is 0 Å². The number of rotatable bonds is 4. The summed E-state index contributed by atoms with van der Waals surface area (Å²) in [6, 6.07) is 25.0. The van der Waals surface area contributed by atoms with Gasteiger partial charge in [0, 0.05) is 24.8 Å². The zero-order valence-electron chi connectivity index (χ0n) is 15.6. The van der Waals surface area contributed by atoms with Crippen molar-refractivity contribution in [3.05, 3.63) is 72.8 Å². The molecule has 0 unspecified atom stereocenters. The molecular weight excluding hydrogens is 367 g/mol. The Balaban J connectivity index is 1.77. The molecule has 28 heavy (non-hydrogen) atoms. The quantitative estimate of drug-likeness (QED) is 0.362. The first-order chi connectivity index (χ1) is 13.8. The van der Waals surface area contributed by atoms with Crippen molar-refractivity contribution in [1.29, 1.82) is 0 Å². The minimum Gasteiger partial charge on any atom is -0.588 e. The summed E-state index contributed by atoms with van der Waals surface area (Å²) in [5.41, 5.74) is 2.13. The van der Waals surface area contributed by atoms with Gasteiger partial charge in [0.25, 0.3) is 0 Å². The molecular formula is C23H19AlO4. The summed E-state index contributed by atoms with van der Waals surface area (Å²) in [7, 11) is 1.66. The van der Waals surface area contributed by atoms with Gasteiger partial charge in [-0.25, -0.2) is 0 Å². The number of fused-ring (bicyclic) bond motifs is 7. The van der Waals surface area contributed by atoms with E-state index in [1.165, 1.54) is 10.8 Å². The van der Waals surface area contributed by atoms with Crippen LogP contribution >= 0.6 is 0 Å². The maximum Gasteiger partial charge on any atom is 1.10 e. The summed E-state index contributed by atoms with van der Waals surface area (Å²) in [6.07, 6.45) is 0. The van der Waals surface area contributed by atoms with E-state index in [1.807, 2.05) is 12.1 Å². The first-order valence-electron chi connectivity index (χ1n) is 9.33. The highest BCUT2D eigenvalue weighted by Crippen LogP contribution is 2.47. The third-order valence-corrected chi connectivity index (χ3v) is 6.42. The van der Waals surface area contributed by atoms with Gasteiger partial charge in [0.15, 0.2) is 0 Å². The summed E-state index contributed by atoms with van der Waals surface area (Å²) < 4.78 is 23.6. The first kappa shape index (κ1) is 17.5. The monoisotopic (exact) mass is 386 g/mol. The zero-order valence-corrected chi connectivity index (χ0v) is 16.7. The highest BCUT2D eigenvalue weighted by molar-refractivity contribution is 6.39. The topological polar surface area (TPSA) is 36.9 Å². The first-order valence-corrected chi connectivity index (χ1v) is 10.7. The van der Waals surface area contributed by atoms with Gasteiger partial charge in [-0.15, -0.1) is 0 Å². The highest BCUT2D eigenvalue weighted by Gasteiger charge is 2.43. The number of benzene rings is 4. The van der Waals surface area contributed by atoms with E-state index in [9.17, 15) is 0 Å². The molecule has 0 amide bonds. The Morgan fingerprint density at radius 3 is 1.75 bits per heavy atom. The molecule has 0 aliphatic carbocycles. The maximum absolute atomic E-state index is 6.28. The van der Waals surface area contributed by atoms with Crippen molar-refractivity contribution < 1.29 is 16.1 Å². The minimum atomic E-state index is -2.42. The molecule has 0 atom stereocenters. The van der Waals surface area contributed by atoms with Crippen molar-refractivity contribution >= 4 is 36.7 Å². The molecule has 5 rings (SSSR count). The summed E-state index contributed by atoms with van der Waals surface area (Å²) >= 11 is -2.42. The van der Waals surface area contributed by atoms with E-state index in [0.29, 0.717) is 13.2 Å². The number of methoxy groups -OCH3 is 1. The van der Waals surface area contributed by atoms with Gasteiger partial charge in [-0.3, -0.25) is 0 Å². The van der Waals surface area contributed by atoms with E-state index in [0.717, 1.165) is 33.4 Å². The predicted octanol–water partition coefficient (Wildman–Crippen LogP) is 5.08. The summed E-state index contributed by atoms with van der Waals surface area (Å²) in [6.45, 7) is 0.949. The third kappa shape index (κ3) is 3.03. The second-order valence-electron chi connectivity index (χ2n) is 6.71. The Kier molecular flexibility index (Phi) is 4.68. The average Bonchev–Trinajstić information content (AvgIpc) is 2.90. The Morgan fingerprint density at radius 2 is 1.21 bits per heavy atom. The van der Waals surface area contributed by atoms with Gasteiger partial charge in [-0.1, -0.05) is 60.7 Å². The van der Waals surface area contributed by atoms with Gasteiger partial charge >= 0.3 is 15.1 Å². The van der Waals surface area contributed by atoms with Crippen LogP contribution in [0.2, 0.25) is 0 Å². The molecule has 4 aromatic rings. The number of ether oxygens (including phenoxy) is 1. The van der Waals surface area contributed by atoms with Gasteiger partial charge in [0.2, 0.25) is 0 Å². The molecule has 4 nitrogen and oxygen atoms in total. The fourth-order valence-corrected chi connectivity index (χ4v) is 5.02. The van der Waals surface area contributed by atoms with Crippen molar-refractivity contribution in [1.82, 2.24) is 0 Å². The number of hydrogen-bond acceptors (Lipinski definition) is 4. The van der Waals surface area contributed by atoms with E-state index < -0.39 is 15.1 Å². The van der Waals surface area contributed by atoms with Gasteiger partial charge in [0.1, 0.15) is 0 Å². The molecule has 5 heteroatoms. The van der Waals surface area contributed by atoms with Gasteiger partial charge < -0.3 is 16.1 Å². The molecule has 0 aromatic heterocycles. The Morgan fingerprint density at radius 1 is 0.679 bits per heavy atom. The Bertz CT molecular complexity index is 1070. The second kappa shape index (κ2) is 7.46. The molecule has 0 saturated carbocycles. The van der Waals surface area contributed by atoms with Crippen LogP contribution in [0.1, 0.15) is 0 Å². The van der Waals surface area contributed by atoms with Crippen molar-refractivity contribution in [2.75, 3.05) is 20.3 Å². The molecule has 138 valence electrons. The summed E-state index contributed by atoms with van der Waals surface area (Å²) in [4.78, 5) is 0. The second-order valence-corrected chi connectivity index (χ2v) is 8.09. The van der Waals surface area contributed by atoms with Crippen molar-refractivity contribution in [3.8, 4) is 22.6 Å². The van der Waals surface area contributed by atoms with Crippen LogP contribution in [0.3, 0.4) is 0 Å².